The van der Waals surface area contributed by atoms with Crippen molar-refractivity contribution < 1.29 is 13.5 Å². The second-order valence-electron chi connectivity index (χ2n) is 6.82. The van der Waals surface area contributed by atoms with Gasteiger partial charge in [0.2, 0.25) is 0 Å². The van der Waals surface area contributed by atoms with E-state index in [0.717, 1.165) is 0 Å². The Morgan fingerprint density at radius 3 is 2.36 bits per heavy atom. The van der Waals surface area contributed by atoms with E-state index in [4.69, 9.17) is 4.74 Å². The third-order valence-electron chi connectivity index (χ3n) is 4.71. The van der Waals surface area contributed by atoms with Gasteiger partial charge in [-0.05, 0) is 54.2 Å². The van der Waals surface area contributed by atoms with Gasteiger partial charge >= 0.3 is 0 Å². The number of ether oxygens (including phenoxy) is 1. The van der Waals surface area contributed by atoms with Gasteiger partial charge in [-0.1, -0.05) is 61.5 Å². The summed E-state index contributed by atoms with van der Waals surface area (Å²) in [7, 11) is 0. The maximum Gasteiger partial charge on any atom is 0.134 e. The summed E-state index contributed by atoms with van der Waals surface area (Å²) in [6.07, 6.45) is 3.99. The predicted molar refractivity (Wildman–Crippen MR) is 111 cm³/mol. The van der Waals surface area contributed by atoms with Gasteiger partial charge in [0, 0.05) is 11.6 Å². The summed E-state index contributed by atoms with van der Waals surface area (Å²) < 4.78 is 33.9. The molecule has 1 atom stereocenters. The molecule has 0 N–H and O–H groups in total. The van der Waals surface area contributed by atoms with E-state index in [0.29, 0.717) is 35.5 Å². The van der Waals surface area contributed by atoms with Crippen molar-refractivity contribution in [2.45, 2.75) is 26.2 Å². The second-order valence-corrected chi connectivity index (χ2v) is 6.82. The van der Waals surface area contributed by atoms with Gasteiger partial charge in [0.25, 0.3) is 0 Å². The van der Waals surface area contributed by atoms with Gasteiger partial charge in [-0.3, -0.25) is 0 Å². The van der Waals surface area contributed by atoms with E-state index in [1.54, 1.807) is 24.3 Å². The maximum absolute atomic E-state index is 14.5. The molecular weight excluding hydrogens is 354 g/mol. The number of benzene rings is 3. The van der Waals surface area contributed by atoms with Gasteiger partial charge in [-0.15, -0.1) is 0 Å². The Kier molecular flexibility index (Phi) is 6.59. The molecule has 0 aliphatic rings. The van der Waals surface area contributed by atoms with Crippen LogP contribution in [0.4, 0.5) is 8.78 Å². The van der Waals surface area contributed by atoms with Crippen LogP contribution in [0.5, 0.6) is 5.75 Å². The van der Waals surface area contributed by atoms with Crippen molar-refractivity contribution in [2.75, 3.05) is 6.61 Å². The zero-order chi connectivity index (χ0) is 19.9. The Bertz CT molecular complexity index is 948. The summed E-state index contributed by atoms with van der Waals surface area (Å²) in [6.45, 7) is 4.44. The normalized spacial score (nSPS) is 12.3. The summed E-state index contributed by atoms with van der Waals surface area (Å²) in [4.78, 5) is 0. The van der Waals surface area contributed by atoms with Crippen molar-refractivity contribution >= 4 is 12.2 Å². The van der Waals surface area contributed by atoms with Crippen molar-refractivity contribution in [3.05, 3.63) is 101 Å². The highest BCUT2D eigenvalue weighted by atomic mass is 19.1. The van der Waals surface area contributed by atoms with E-state index in [9.17, 15) is 8.78 Å². The molecule has 0 radical (unpaired) electrons. The maximum atomic E-state index is 14.5. The minimum atomic E-state index is -0.365. The highest BCUT2D eigenvalue weighted by Gasteiger charge is 2.10. The standard InChI is InChI=1S/C25H24F2O/c1-3-28-23-14-13-21(25(27)17-23)11-9-19-10-12-22(24(26)16-19)15-18(2)20-7-5-4-6-8-20/h4-14,16-18H,3,15H2,1-2H3/t18-/m0/s1. The Labute approximate surface area is 165 Å². The molecular formula is C25H24F2O. The lowest BCUT2D eigenvalue weighted by Gasteiger charge is -2.13. The smallest absolute Gasteiger partial charge is 0.134 e. The quantitative estimate of drug-likeness (QED) is 0.407. The van der Waals surface area contributed by atoms with Crippen LogP contribution in [0.15, 0.2) is 66.7 Å². The van der Waals surface area contributed by atoms with Crippen molar-refractivity contribution in [3.63, 3.8) is 0 Å². The van der Waals surface area contributed by atoms with E-state index in [1.165, 1.54) is 17.7 Å². The van der Waals surface area contributed by atoms with Gasteiger partial charge in [0.15, 0.2) is 0 Å². The van der Waals surface area contributed by atoms with Crippen LogP contribution in [-0.4, -0.2) is 6.61 Å². The molecule has 0 aromatic heterocycles. The van der Waals surface area contributed by atoms with E-state index >= 15 is 0 Å². The third-order valence-corrected chi connectivity index (χ3v) is 4.71. The third kappa shape index (κ3) is 5.07. The van der Waals surface area contributed by atoms with Crippen LogP contribution >= 0.6 is 0 Å². The van der Waals surface area contributed by atoms with Crippen LogP contribution in [0.1, 0.15) is 42.0 Å². The molecule has 3 aromatic rings. The first-order valence-corrected chi connectivity index (χ1v) is 9.50. The fraction of sp³-hybridized carbons (Fsp3) is 0.200. The van der Waals surface area contributed by atoms with Crippen LogP contribution < -0.4 is 4.74 Å². The van der Waals surface area contributed by atoms with Gasteiger partial charge < -0.3 is 4.74 Å². The Morgan fingerprint density at radius 2 is 1.68 bits per heavy atom. The van der Waals surface area contributed by atoms with Crippen molar-refractivity contribution in [1.82, 2.24) is 0 Å². The number of halogens is 2. The van der Waals surface area contributed by atoms with Crippen molar-refractivity contribution in [3.8, 4) is 5.75 Å². The molecule has 1 nitrogen and oxygen atoms in total. The Morgan fingerprint density at radius 1 is 0.893 bits per heavy atom. The molecule has 0 saturated heterocycles. The predicted octanol–water partition coefficient (Wildman–Crippen LogP) is 6.88. The minimum Gasteiger partial charge on any atom is -0.494 e. The first kappa shape index (κ1) is 19.8. The fourth-order valence-electron chi connectivity index (χ4n) is 3.15. The van der Waals surface area contributed by atoms with E-state index in [2.05, 4.69) is 19.1 Å². The van der Waals surface area contributed by atoms with Crippen molar-refractivity contribution in [1.29, 1.82) is 0 Å². The molecule has 0 unspecified atom stereocenters. The summed E-state index contributed by atoms with van der Waals surface area (Å²) in [6, 6.07) is 20.0. The highest BCUT2D eigenvalue weighted by molar-refractivity contribution is 5.70. The monoisotopic (exact) mass is 378 g/mol. The molecule has 0 aliphatic heterocycles. The lowest BCUT2D eigenvalue weighted by atomic mass is 9.93. The molecule has 0 saturated carbocycles. The highest BCUT2D eigenvalue weighted by Crippen LogP contribution is 2.23. The van der Waals surface area contributed by atoms with Crippen LogP contribution in [0.2, 0.25) is 0 Å². The molecule has 3 rings (SSSR count). The van der Waals surface area contributed by atoms with E-state index < -0.39 is 0 Å². The first-order valence-electron chi connectivity index (χ1n) is 9.50. The average Bonchev–Trinajstić information content (AvgIpc) is 2.70. The largest absolute Gasteiger partial charge is 0.494 e. The molecule has 3 heteroatoms. The zero-order valence-electron chi connectivity index (χ0n) is 16.2. The molecule has 3 aromatic carbocycles. The van der Waals surface area contributed by atoms with Crippen LogP contribution in [-0.2, 0) is 6.42 Å². The lowest BCUT2D eigenvalue weighted by Crippen LogP contribution is -2.00. The molecule has 0 heterocycles. The summed E-state index contributed by atoms with van der Waals surface area (Å²) in [5.74, 6) is 0.128. The number of rotatable bonds is 7. The molecule has 0 bridgehead atoms. The molecule has 0 spiro atoms. The van der Waals surface area contributed by atoms with Crippen LogP contribution in [0.25, 0.3) is 12.2 Å². The second kappa shape index (κ2) is 9.32. The van der Waals surface area contributed by atoms with Crippen LogP contribution in [0.3, 0.4) is 0 Å². The summed E-state index contributed by atoms with van der Waals surface area (Å²) >= 11 is 0. The molecule has 0 fully saturated rings. The first-order chi connectivity index (χ1) is 13.6. The van der Waals surface area contributed by atoms with Gasteiger partial charge in [0.1, 0.15) is 17.4 Å². The molecule has 0 amide bonds. The molecule has 28 heavy (non-hydrogen) atoms. The summed E-state index contributed by atoms with van der Waals surface area (Å²) in [5.41, 5.74) is 3.00. The zero-order valence-corrected chi connectivity index (χ0v) is 16.2. The van der Waals surface area contributed by atoms with Gasteiger partial charge in [0.05, 0.1) is 6.61 Å². The number of hydrogen-bond donors (Lipinski definition) is 0. The Hall–Kier alpha value is -2.94. The molecule has 144 valence electrons. The number of hydrogen-bond acceptors (Lipinski definition) is 1. The van der Waals surface area contributed by atoms with E-state index in [1.807, 2.05) is 37.3 Å². The fourth-order valence-corrected chi connectivity index (χ4v) is 3.15. The average molecular weight is 378 g/mol. The topological polar surface area (TPSA) is 9.23 Å². The van der Waals surface area contributed by atoms with E-state index in [-0.39, 0.29) is 17.6 Å². The van der Waals surface area contributed by atoms with Crippen molar-refractivity contribution in [2.24, 2.45) is 0 Å². The lowest BCUT2D eigenvalue weighted by molar-refractivity contribution is 0.338. The SMILES string of the molecule is CCOc1ccc(C=Cc2ccc(C[C@H](C)c3ccccc3)c(F)c2)c(F)c1. The Balaban J connectivity index is 1.71. The minimum absolute atomic E-state index is 0.232. The molecule has 0 aliphatic carbocycles. The van der Waals surface area contributed by atoms with Gasteiger partial charge in [-0.25, -0.2) is 8.78 Å². The summed E-state index contributed by atoms with van der Waals surface area (Å²) in [5, 5.41) is 0. The van der Waals surface area contributed by atoms with Gasteiger partial charge in [-0.2, -0.15) is 0 Å². The van der Waals surface area contributed by atoms with Crippen LogP contribution in [0, 0.1) is 11.6 Å².